The van der Waals surface area contributed by atoms with Crippen LogP contribution in [0.15, 0.2) is 35.5 Å². The second kappa shape index (κ2) is 5.50. The first-order chi connectivity index (χ1) is 12.0. The van der Waals surface area contributed by atoms with E-state index in [0.29, 0.717) is 17.0 Å². The number of imide groups is 1. The second-order valence-corrected chi connectivity index (χ2v) is 7.36. The maximum Gasteiger partial charge on any atom is 0.321 e. The molecule has 0 bridgehead atoms. The lowest BCUT2D eigenvalue weighted by molar-refractivity contribution is -0.127. The average Bonchev–Trinajstić information content (AvgIpc) is 2.96. The van der Waals surface area contributed by atoms with Gasteiger partial charge in [0.05, 0.1) is 17.2 Å². The largest absolute Gasteiger partial charge is 0.400 e. The molecule has 1 saturated heterocycles. The van der Waals surface area contributed by atoms with Crippen LogP contribution < -0.4 is 16.4 Å². The van der Waals surface area contributed by atoms with Gasteiger partial charge in [0, 0.05) is 16.6 Å². The Bertz CT molecular complexity index is 842. The van der Waals surface area contributed by atoms with Crippen molar-refractivity contribution in [2.75, 3.05) is 0 Å². The Hall–Kier alpha value is -2.52. The Morgan fingerprint density at radius 3 is 2.68 bits per heavy atom. The molecule has 0 radical (unpaired) electrons. The fourth-order valence-electron chi connectivity index (χ4n) is 4.93. The third-order valence-corrected chi connectivity index (χ3v) is 6.06. The minimum Gasteiger partial charge on any atom is -0.400 e. The number of nitriles is 1. The highest BCUT2D eigenvalue weighted by Gasteiger charge is 2.61. The van der Waals surface area contributed by atoms with Gasteiger partial charge in [-0.3, -0.25) is 10.1 Å². The topological polar surface area (TPSA) is 108 Å². The number of rotatable bonds is 1. The lowest BCUT2D eigenvalue weighted by Crippen LogP contribution is -2.71. The number of hydrogen-bond donors (Lipinski definition) is 3. The molecule has 1 saturated carbocycles. The fraction of sp³-hybridized carbons (Fsp3) is 0.389. The monoisotopic (exact) mass is 356 g/mol. The number of halogens is 1. The van der Waals surface area contributed by atoms with Crippen LogP contribution in [0, 0.1) is 23.2 Å². The molecule has 1 aliphatic heterocycles. The number of nitrogens with one attached hydrogen (secondary N) is 2. The minimum atomic E-state index is -0.728. The average molecular weight is 357 g/mol. The summed E-state index contributed by atoms with van der Waals surface area (Å²) in [5.41, 5.74) is 7.18. The van der Waals surface area contributed by atoms with E-state index in [2.05, 4.69) is 16.7 Å². The molecule has 4 atom stereocenters. The van der Waals surface area contributed by atoms with Crippen molar-refractivity contribution < 1.29 is 9.59 Å². The van der Waals surface area contributed by atoms with E-state index >= 15 is 0 Å². The molecule has 1 aromatic carbocycles. The van der Waals surface area contributed by atoms with E-state index in [1.54, 1.807) is 12.1 Å². The van der Waals surface area contributed by atoms with Crippen LogP contribution in [0.4, 0.5) is 4.79 Å². The molecule has 6 nitrogen and oxygen atoms in total. The van der Waals surface area contributed by atoms with E-state index in [-0.39, 0.29) is 17.5 Å². The van der Waals surface area contributed by atoms with E-state index in [1.165, 1.54) is 0 Å². The quantitative estimate of drug-likeness (QED) is 0.716. The zero-order valence-corrected chi connectivity index (χ0v) is 14.1. The molecule has 25 heavy (non-hydrogen) atoms. The molecular weight excluding hydrogens is 340 g/mol. The van der Waals surface area contributed by atoms with Gasteiger partial charge in [0.2, 0.25) is 5.91 Å². The van der Waals surface area contributed by atoms with Gasteiger partial charge in [-0.2, -0.15) is 5.26 Å². The molecule has 1 heterocycles. The molecule has 2 fully saturated rings. The maximum atomic E-state index is 12.5. The molecule has 0 aromatic heterocycles. The van der Waals surface area contributed by atoms with Crippen molar-refractivity contribution >= 4 is 23.5 Å². The van der Waals surface area contributed by atoms with Crippen molar-refractivity contribution in [3.8, 4) is 6.07 Å². The number of benzene rings is 1. The van der Waals surface area contributed by atoms with Crippen molar-refractivity contribution in [2.45, 2.75) is 30.7 Å². The number of hydrogen-bond acceptors (Lipinski definition) is 4. The Morgan fingerprint density at radius 1 is 1.28 bits per heavy atom. The summed E-state index contributed by atoms with van der Waals surface area (Å²) in [5, 5.41) is 15.7. The van der Waals surface area contributed by atoms with Crippen molar-refractivity contribution in [3.63, 3.8) is 0 Å². The van der Waals surface area contributed by atoms with Crippen molar-refractivity contribution in [1.82, 2.24) is 10.6 Å². The predicted molar refractivity (Wildman–Crippen MR) is 91.3 cm³/mol. The third kappa shape index (κ3) is 2.16. The van der Waals surface area contributed by atoms with Crippen molar-refractivity contribution in [2.24, 2.45) is 17.6 Å². The van der Waals surface area contributed by atoms with E-state index in [9.17, 15) is 14.9 Å². The second-order valence-electron chi connectivity index (χ2n) is 6.93. The molecule has 128 valence electrons. The van der Waals surface area contributed by atoms with Crippen LogP contribution in [0.2, 0.25) is 5.02 Å². The first-order valence-corrected chi connectivity index (χ1v) is 8.64. The zero-order valence-electron chi connectivity index (χ0n) is 13.4. The highest BCUT2D eigenvalue weighted by atomic mass is 35.5. The summed E-state index contributed by atoms with van der Waals surface area (Å²) in [6.07, 6.45) is 2.35. The number of amides is 3. The molecule has 2 aliphatic carbocycles. The molecule has 1 spiro atoms. The van der Waals surface area contributed by atoms with Gasteiger partial charge in [-0.1, -0.05) is 30.2 Å². The van der Waals surface area contributed by atoms with Crippen LogP contribution in [0.3, 0.4) is 0 Å². The van der Waals surface area contributed by atoms with Gasteiger partial charge >= 0.3 is 6.03 Å². The summed E-state index contributed by atoms with van der Waals surface area (Å²) in [6.45, 7) is 0. The lowest BCUT2D eigenvalue weighted by atomic mass is 9.60. The van der Waals surface area contributed by atoms with E-state index in [1.807, 2.05) is 12.1 Å². The van der Waals surface area contributed by atoms with Crippen LogP contribution in [0.25, 0.3) is 0 Å². The summed E-state index contributed by atoms with van der Waals surface area (Å²) in [4.78, 5) is 24.6. The third-order valence-electron chi connectivity index (χ3n) is 5.81. The summed E-state index contributed by atoms with van der Waals surface area (Å²) >= 11 is 6.00. The number of carbonyl (C=O) groups excluding carboxylic acids is 2. The molecule has 4 N–H and O–H groups in total. The number of carbonyl (C=O) groups is 2. The van der Waals surface area contributed by atoms with Crippen LogP contribution in [0.1, 0.15) is 30.7 Å². The van der Waals surface area contributed by atoms with E-state index < -0.39 is 23.4 Å². The smallest absolute Gasteiger partial charge is 0.321 e. The first-order valence-electron chi connectivity index (χ1n) is 8.26. The van der Waals surface area contributed by atoms with Gasteiger partial charge in [0.25, 0.3) is 0 Å². The van der Waals surface area contributed by atoms with E-state index in [4.69, 9.17) is 17.3 Å². The van der Waals surface area contributed by atoms with Gasteiger partial charge in [-0.05, 0) is 36.5 Å². The Balaban J connectivity index is 1.93. The summed E-state index contributed by atoms with van der Waals surface area (Å²) in [6, 6.07) is 9.06. The highest BCUT2D eigenvalue weighted by molar-refractivity contribution is 6.30. The molecule has 1 aromatic rings. The van der Waals surface area contributed by atoms with Crippen molar-refractivity contribution in [3.05, 3.63) is 46.1 Å². The molecule has 4 rings (SSSR count). The Kier molecular flexibility index (Phi) is 3.51. The van der Waals surface area contributed by atoms with Gasteiger partial charge in [-0.15, -0.1) is 0 Å². The number of urea groups is 1. The van der Waals surface area contributed by atoms with Gasteiger partial charge in [-0.25, -0.2) is 4.79 Å². The SMILES string of the molecule is N#CC1=C(N)[C@H]2C(=O)NC(=O)N[C@]23CCC[C@H]3[C@@H]1c1ccc(Cl)cc1. The summed E-state index contributed by atoms with van der Waals surface area (Å²) in [7, 11) is 0. The molecule has 3 aliphatic rings. The van der Waals surface area contributed by atoms with Gasteiger partial charge < -0.3 is 11.1 Å². The maximum absolute atomic E-state index is 12.5. The number of allylic oxidation sites excluding steroid dienone is 1. The predicted octanol–water partition coefficient (Wildman–Crippen LogP) is 2.17. The normalized spacial score (nSPS) is 33.8. The van der Waals surface area contributed by atoms with Crippen LogP contribution in [-0.2, 0) is 4.79 Å². The zero-order chi connectivity index (χ0) is 17.8. The van der Waals surface area contributed by atoms with Gasteiger partial charge in [0.15, 0.2) is 0 Å². The molecule has 3 amide bonds. The van der Waals surface area contributed by atoms with E-state index in [0.717, 1.165) is 18.4 Å². The molecular formula is C18H17ClN4O2. The summed E-state index contributed by atoms with van der Waals surface area (Å²) < 4.78 is 0. The molecule has 0 unspecified atom stereocenters. The number of nitrogens with two attached hydrogens (primary N) is 1. The Labute approximate surface area is 150 Å². The first kappa shape index (κ1) is 16.0. The fourth-order valence-corrected chi connectivity index (χ4v) is 5.05. The Morgan fingerprint density at radius 2 is 2.00 bits per heavy atom. The van der Waals surface area contributed by atoms with Crippen molar-refractivity contribution in [1.29, 1.82) is 5.26 Å². The van der Waals surface area contributed by atoms with Crippen LogP contribution in [-0.4, -0.2) is 17.5 Å². The van der Waals surface area contributed by atoms with Crippen LogP contribution in [0.5, 0.6) is 0 Å². The van der Waals surface area contributed by atoms with Gasteiger partial charge in [0.1, 0.15) is 5.92 Å². The number of nitrogens with zero attached hydrogens (tertiary/aromatic N) is 1. The summed E-state index contributed by atoms with van der Waals surface area (Å²) in [5.74, 6) is -1.44. The standard InChI is InChI=1S/C18H17ClN4O2/c19-10-5-3-9(4-6-10)13-11(8-20)15(21)14-16(24)22-17(25)23-18(14)7-1-2-12(13)18/h3-6,12-14H,1-2,7,21H2,(H2,22,23,24,25)/t12-,13+,14-,18-/m0/s1. The molecule has 7 heteroatoms. The van der Waals surface area contributed by atoms with Crippen LogP contribution >= 0.6 is 11.6 Å². The minimum absolute atomic E-state index is 0.0596. The highest BCUT2D eigenvalue weighted by Crippen LogP contribution is 2.56. The lowest BCUT2D eigenvalue weighted by Gasteiger charge is -2.51.